The summed E-state index contributed by atoms with van der Waals surface area (Å²) >= 11 is 0. The van der Waals surface area contributed by atoms with Crippen molar-refractivity contribution in [3.63, 3.8) is 0 Å². The second kappa shape index (κ2) is 6.74. The van der Waals surface area contributed by atoms with E-state index in [-0.39, 0.29) is 17.5 Å². The van der Waals surface area contributed by atoms with Gasteiger partial charge in [-0.2, -0.15) is 5.10 Å². The highest BCUT2D eigenvalue weighted by molar-refractivity contribution is 5.92. The molecule has 134 valence electrons. The number of hydrogen-bond donors (Lipinski definition) is 1. The monoisotopic (exact) mass is 345 g/mol. The lowest BCUT2D eigenvalue weighted by molar-refractivity contribution is 0.0655. The largest absolute Gasteiger partial charge is 0.478 e. The standard InChI is InChI=1S/C18H23N3O4/c1-4-15-11(2)9-16(25-15)17(22)20-7-5-13(6-8-20)21-12(3)14(10-19-21)18(23)24/h9-10,13H,4-8H2,1-3H3,(H,23,24). The first-order valence-electron chi connectivity index (χ1n) is 8.58. The molecule has 1 amide bonds. The summed E-state index contributed by atoms with van der Waals surface area (Å²) in [6, 6.07) is 1.92. The molecule has 0 aromatic carbocycles. The van der Waals surface area contributed by atoms with Gasteiger partial charge < -0.3 is 14.4 Å². The van der Waals surface area contributed by atoms with Crippen molar-refractivity contribution in [1.29, 1.82) is 0 Å². The van der Waals surface area contributed by atoms with Crippen molar-refractivity contribution in [2.45, 2.75) is 46.1 Å². The first kappa shape index (κ1) is 17.3. The van der Waals surface area contributed by atoms with Gasteiger partial charge in [-0.3, -0.25) is 9.48 Å². The lowest BCUT2D eigenvalue weighted by atomic mass is 10.0. The fourth-order valence-corrected chi connectivity index (χ4v) is 3.45. The molecule has 0 saturated carbocycles. The van der Waals surface area contributed by atoms with E-state index in [0.29, 0.717) is 24.5 Å². The maximum Gasteiger partial charge on any atom is 0.339 e. The normalized spacial score (nSPS) is 15.6. The quantitative estimate of drug-likeness (QED) is 0.920. The average molecular weight is 345 g/mol. The molecule has 7 heteroatoms. The molecule has 0 spiro atoms. The molecule has 2 aromatic heterocycles. The molecule has 1 saturated heterocycles. The summed E-state index contributed by atoms with van der Waals surface area (Å²) in [5, 5.41) is 13.4. The molecule has 1 aliphatic heterocycles. The minimum Gasteiger partial charge on any atom is -0.478 e. The lowest BCUT2D eigenvalue weighted by Gasteiger charge is -2.32. The van der Waals surface area contributed by atoms with Gasteiger partial charge in [0.15, 0.2) is 5.76 Å². The van der Waals surface area contributed by atoms with E-state index in [1.165, 1.54) is 6.20 Å². The van der Waals surface area contributed by atoms with Crippen LogP contribution in [-0.4, -0.2) is 44.8 Å². The lowest BCUT2D eigenvalue weighted by Crippen LogP contribution is -2.39. The highest BCUT2D eigenvalue weighted by atomic mass is 16.4. The van der Waals surface area contributed by atoms with Crippen molar-refractivity contribution in [2.75, 3.05) is 13.1 Å². The highest BCUT2D eigenvalue weighted by Gasteiger charge is 2.28. The predicted octanol–water partition coefficient (Wildman–Crippen LogP) is 2.83. The number of nitrogens with zero attached hydrogens (tertiary/aromatic N) is 3. The Labute approximate surface area is 146 Å². The third kappa shape index (κ3) is 3.18. The van der Waals surface area contributed by atoms with E-state index in [0.717, 1.165) is 30.6 Å². The molecule has 1 N–H and O–H groups in total. The zero-order chi connectivity index (χ0) is 18.1. The number of carbonyl (C=O) groups excluding carboxylic acids is 1. The van der Waals surface area contributed by atoms with Crippen molar-refractivity contribution in [3.8, 4) is 0 Å². The molecule has 2 aromatic rings. The van der Waals surface area contributed by atoms with E-state index < -0.39 is 5.97 Å². The summed E-state index contributed by atoms with van der Waals surface area (Å²) in [5.74, 6) is 0.212. The summed E-state index contributed by atoms with van der Waals surface area (Å²) in [7, 11) is 0. The van der Waals surface area contributed by atoms with Gasteiger partial charge in [-0.1, -0.05) is 6.92 Å². The Bertz CT molecular complexity index is 797. The number of amides is 1. The number of hydrogen-bond acceptors (Lipinski definition) is 4. The Hall–Kier alpha value is -2.57. The Morgan fingerprint density at radius 1 is 1.32 bits per heavy atom. The molecule has 0 bridgehead atoms. The van der Waals surface area contributed by atoms with E-state index in [9.17, 15) is 9.59 Å². The molecular formula is C18H23N3O4. The van der Waals surface area contributed by atoms with Crippen molar-refractivity contribution in [3.05, 3.63) is 40.6 Å². The van der Waals surface area contributed by atoms with Gasteiger partial charge in [-0.15, -0.1) is 0 Å². The Morgan fingerprint density at radius 3 is 2.52 bits per heavy atom. The van der Waals surface area contributed by atoms with Gasteiger partial charge in [0, 0.05) is 19.5 Å². The summed E-state index contributed by atoms with van der Waals surface area (Å²) < 4.78 is 7.44. The second-order valence-corrected chi connectivity index (χ2v) is 6.49. The molecule has 25 heavy (non-hydrogen) atoms. The number of rotatable bonds is 4. The number of carboxylic acids is 1. The van der Waals surface area contributed by atoms with Crippen molar-refractivity contribution < 1.29 is 19.1 Å². The van der Waals surface area contributed by atoms with Gasteiger partial charge in [0.25, 0.3) is 5.91 Å². The number of likely N-dealkylation sites (tertiary alicyclic amines) is 1. The van der Waals surface area contributed by atoms with Crippen LogP contribution in [0.1, 0.15) is 63.7 Å². The zero-order valence-electron chi connectivity index (χ0n) is 14.8. The SMILES string of the molecule is CCc1oc(C(=O)N2CCC(n3ncc(C(=O)O)c3C)CC2)cc1C. The number of carboxylic acid groups (broad SMARTS) is 1. The van der Waals surface area contributed by atoms with Crippen molar-refractivity contribution >= 4 is 11.9 Å². The molecule has 7 nitrogen and oxygen atoms in total. The zero-order valence-corrected chi connectivity index (χ0v) is 14.8. The average Bonchev–Trinajstić information content (AvgIpc) is 3.17. The molecule has 0 aliphatic carbocycles. The maximum absolute atomic E-state index is 12.6. The van der Waals surface area contributed by atoms with Crippen LogP contribution in [0.5, 0.6) is 0 Å². The van der Waals surface area contributed by atoms with E-state index in [2.05, 4.69) is 5.10 Å². The van der Waals surface area contributed by atoms with Crippen LogP contribution in [0.3, 0.4) is 0 Å². The van der Waals surface area contributed by atoms with E-state index >= 15 is 0 Å². The van der Waals surface area contributed by atoms with Gasteiger partial charge in [-0.25, -0.2) is 4.79 Å². The fraction of sp³-hybridized carbons (Fsp3) is 0.500. The molecule has 1 aliphatic rings. The molecular weight excluding hydrogens is 322 g/mol. The van der Waals surface area contributed by atoms with Crippen LogP contribution in [0.2, 0.25) is 0 Å². The molecule has 1 fully saturated rings. The number of aryl methyl sites for hydroxylation is 2. The van der Waals surface area contributed by atoms with Crippen molar-refractivity contribution in [1.82, 2.24) is 14.7 Å². The Balaban J connectivity index is 1.67. The highest BCUT2D eigenvalue weighted by Crippen LogP contribution is 2.26. The first-order valence-corrected chi connectivity index (χ1v) is 8.58. The Kier molecular flexibility index (Phi) is 4.65. The minimum absolute atomic E-state index is 0.0790. The van der Waals surface area contributed by atoms with Crippen LogP contribution < -0.4 is 0 Å². The number of carbonyl (C=O) groups is 2. The van der Waals surface area contributed by atoms with Crippen molar-refractivity contribution in [2.24, 2.45) is 0 Å². The van der Waals surface area contributed by atoms with Crippen LogP contribution in [0.4, 0.5) is 0 Å². The summed E-state index contributed by atoms with van der Waals surface area (Å²) in [4.78, 5) is 25.6. The molecule has 0 atom stereocenters. The van der Waals surface area contributed by atoms with Crippen LogP contribution in [0, 0.1) is 13.8 Å². The summed E-state index contributed by atoms with van der Waals surface area (Å²) in [6.45, 7) is 6.93. The minimum atomic E-state index is -0.962. The fourth-order valence-electron chi connectivity index (χ4n) is 3.45. The molecule has 0 unspecified atom stereocenters. The topological polar surface area (TPSA) is 88.6 Å². The van der Waals surface area contributed by atoms with Crippen LogP contribution >= 0.6 is 0 Å². The number of piperidine rings is 1. The van der Waals surface area contributed by atoms with Gasteiger partial charge in [0.05, 0.1) is 17.9 Å². The van der Waals surface area contributed by atoms with Crippen LogP contribution in [0.25, 0.3) is 0 Å². The van der Waals surface area contributed by atoms with Gasteiger partial charge in [0.1, 0.15) is 11.3 Å². The molecule has 3 heterocycles. The molecule has 3 rings (SSSR count). The number of furan rings is 1. The summed E-state index contributed by atoms with van der Waals surface area (Å²) in [6.07, 6.45) is 3.65. The third-order valence-corrected chi connectivity index (χ3v) is 4.93. The Morgan fingerprint density at radius 2 is 2.00 bits per heavy atom. The third-order valence-electron chi connectivity index (χ3n) is 4.93. The van der Waals surface area contributed by atoms with E-state index in [1.54, 1.807) is 16.5 Å². The van der Waals surface area contributed by atoms with Crippen LogP contribution in [0.15, 0.2) is 16.7 Å². The van der Waals surface area contributed by atoms with Crippen LogP contribution in [-0.2, 0) is 6.42 Å². The second-order valence-electron chi connectivity index (χ2n) is 6.49. The summed E-state index contributed by atoms with van der Waals surface area (Å²) in [5.41, 5.74) is 1.90. The first-order chi connectivity index (χ1) is 11.9. The van der Waals surface area contributed by atoms with E-state index in [1.807, 2.05) is 19.9 Å². The number of aromatic carboxylic acids is 1. The molecule has 0 radical (unpaired) electrons. The van der Waals surface area contributed by atoms with E-state index in [4.69, 9.17) is 9.52 Å². The number of aromatic nitrogens is 2. The predicted molar refractivity (Wildman–Crippen MR) is 90.9 cm³/mol. The smallest absolute Gasteiger partial charge is 0.339 e. The van der Waals surface area contributed by atoms with Gasteiger partial charge >= 0.3 is 5.97 Å². The van der Waals surface area contributed by atoms with Gasteiger partial charge in [0.2, 0.25) is 0 Å². The maximum atomic E-state index is 12.6. The van der Waals surface area contributed by atoms with Gasteiger partial charge in [-0.05, 0) is 38.3 Å².